The zero-order chi connectivity index (χ0) is 14.0. The van der Waals surface area contributed by atoms with E-state index in [9.17, 15) is 0 Å². The fourth-order valence-electron chi connectivity index (χ4n) is 0. The second-order valence-electron chi connectivity index (χ2n) is 0. The summed E-state index contributed by atoms with van der Waals surface area (Å²) >= 11 is 0. The Balaban J connectivity index is -0.00000000628. The fourth-order valence-corrected chi connectivity index (χ4v) is 0. The minimum Gasteiger partial charge on any atom is -0.512 e. The summed E-state index contributed by atoms with van der Waals surface area (Å²) in [5.41, 5.74) is 0. The molecular formula is C8H5FeN6-7. The van der Waals surface area contributed by atoms with Gasteiger partial charge in [-0.1, -0.05) is 0 Å². The molecule has 0 heterocycles. The molecule has 0 saturated carbocycles. The van der Waals surface area contributed by atoms with Crippen LogP contribution in [0.1, 0.15) is 6.92 Å². The van der Waals surface area contributed by atoms with E-state index in [1.165, 1.54) is 0 Å². The van der Waals surface area contributed by atoms with E-state index in [-0.39, 0.29) is 17.1 Å². The second-order valence-corrected chi connectivity index (χ2v) is 0. The molecule has 0 atom stereocenters. The first-order valence-electron chi connectivity index (χ1n) is 2.05. The summed E-state index contributed by atoms with van der Waals surface area (Å²) < 4.78 is 0. The van der Waals surface area contributed by atoms with Crippen molar-refractivity contribution in [2.45, 2.75) is 6.92 Å². The van der Waals surface area contributed by atoms with Crippen LogP contribution in [0.3, 0.4) is 0 Å². The van der Waals surface area contributed by atoms with Crippen LogP contribution in [0.2, 0.25) is 0 Å². The van der Waals surface area contributed by atoms with Gasteiger partial charge < -0.3 is 77.9 Å². The number of hydrogen-bond donors (Lipinski definition) is 0. The second kappa shape index (κ2) is 194. The summed E-state index contributed by atoms with van der Waals surface area (Å²) in [5, 5.41) is 37.5. The zero-order valence-corrected chi connectivity index (χ0v) is 8.85. The average Bonchev–Trinajstić information content (AvgIpc) is 2.45. The Kier molecular flexibility index (Phi) is 1070. The molecule has 0 aliphatic rings. The molecule has 6 nitrogen and oxygen atoms in total. The van der Waals surface area contributed by atoms with Crippen LogP contribution in [-0.4, -0.2) is 0 Å². The molecule has 0 spiro atoms. The molecule has 0 rings (SSSR count). The van der Waals surface area contributed by atoms with Crippen LogP contribution in [0.25, 0.3) is 0 Å². The van der Waals surface area contributed by atoms with Crippen molar-refractivity contribution in [1.29, 1.82) is 31.6 Å². The molecule has 0 aromatic rings. The summed E-state index contributed by atoms with van der Waals surface area (Å²) in [7, 11) is 0. The van der Waals surface area contributed by atoms with E-state index in [0.717, 1.165) is 0 Å². The third kappa shape index (κ3) is 159. The van der Waals surface area contributed by atoms with Crippen LogP contribution >= 0.6 is 0 Å². The van der Waals surface area contributed by atoms with Crippen molar-refractivity contribution in [1.82, 2.24) is 0 Å². The number of hydrogen-bond acceptors (Lipinski definition) is 6. The molecule has 7 heteroatoms. The quantitative estimate of drug-likeness (QED) is 0.463. The molecule has 0 fully saturated rings. The van der Waals surface area contributed by atoms with E-state index >= 15 is 0 Å². The van der Waals surface area contributed by atoms with E-state index in [1.807, 2.05) is 0 Å². The standard InChI is InChI=1S/C2H5.6CN.Fe/c7*1-2;/h1H2,2H3;;;;;;;/q7*-1;. The third-order valence-electron chi connectivity index (χ3n) is 0. The minimum absolute atomic E-state index is 0. The Bertz CT molecular complexity index is 94.2. The third-order valence-corrected chi connectivity index (χ3v) is 0. The molecule has 0 aromatic heterocycles. The molecule has 82 valence electrons. The Labute approximate surface area is 102 Å². The number of rotatable bonds is 0. The molecule has 15 heavy (non-hydrogen) atoms. The molecular weight excluding hydrogens is 236 g/mol. The summed E-state index contributed by atoms with van der Waals surface area (Å²) in [6, 6.07) is 0. The van der Waals surface area contributed by atoms with Crippen molar-refractivity contribution in [2.75, 3.05) is 0 Å². The van der Waals surface area contributed by atoms with E-state index in [0.29, 0.717) is 0 Å². The van der Waals surface area contributed by atoms with Gasteiger partial charge in [-0.05, 0) is 0 Å². The maximum atomic E-state index is 6.25. The largest absolute Gasteiger partial charge is 0.512 e. The van der Waals surface area contributed by atoms with Gasteiger partial charge in [0, 0.05) is 17.1 Å². The maximum Gasteiger partial charge on any atom is 0 e. The first kappa shape index (κ1) is 82.3. The minimum atomic E-state index is 0. The molecule has 0 aromatic carbocycles. The molecule has 0 unspecified atom stereocenters. The van der Waals surface area contributed by atoms with Crippen LogP contribution < -0.4 is 0 Å². The first-order valence-corrected chi connectivity index (χ1v) is 2.05. The molecule has 0 amide bonds. The smallest absolute Gasteiger partial charge is 0 e. The van der Waals surface area contributed by atoms with E-state index in [2.05, 4.69) is 6.92 Å². The zero-order valence-electron chi connectivity index (χ0n) is 7.74. The fraction of sp³-hybridized carbons (Fsp3) is 0.125. The van der Waals surface area contributed by atoms with Crippen molar-refractivity contribution < 1.29 is 17.1 Å². The van der Waals surface area contributed by atoms with Crippen LogP contribution in [0.4, 0.5) is 0 Å². The Hall–Kier alpha value is -2.54. The molecule has 0 radical (unpaired) electrons. The van der Waals surface area contributed by atoms with Gasteiger partial charge in [-0.3, -0.25) is 0 Å². The van der Waals surface area contributed by atoms with Gasteiger partial charge in [0.1, 0.15) is 0 Å². The molecule has 0 N–H and O–H groups in total. The van der Waals surface area contributed by atoms with Crippen molar-refractivity contribution in [3.63, 3.8) is 0 Å². The van der Waals surface area contributed by atoms with Crippen LogP contribution in [0.15, 0.2) is 0 Å². The first-order chi connectivity index (χ1) is 7.00. The maximum absolute atomic E-state index is 6.25. The van der Waals surface area contributed by atoms with Crippen molar-refractivity contribution >= 4 is 0 Å². The predicted molar refractivity (Wildman–Crippen MR) is 40.8 cm³/mol. The van der Waals surface area contributed by atoms with Gasteiger partial charge >= 0.3 is 0 Å². The summed E-state index contributed by atoms with van der Waals surface area (Å²) in [5.74, 6) is 0. The van der Waals surface area contributed by atoms with Crippen molar-refractivity contribution in [3.05, 3.63) is 46.4 Å². The molecule has 0 aliphatic heterocycles. The molecule has 0 aliphatic carbocycles. The monoisotopic (exact) mass is 241 g/mol. The van der Waals surface area contributed by atoms with Gasteiger partial charge in [-0.2, -0.15) is 6.92 Å². The van der Waals surface area contributed by atoms with Crippen LogP contribution in [0.5, 0.6) is 0 Å². The van der Waals surface area contributed by atoms with Gasteiger partial charge in [-0.15, -0.1) is 0 Å². The van der Waals surface area contributed by atoms with Gasteiger partial charge in [-0.25, -0.2) is 0 Å². The molecule has 0 saturated heterocycles. The van der Waals surface area contributed by atoms with Gasteiger partial charge in [0.25, 0.3) is 0 Å². The topological polar surface area (TPSA) is 143 Å². The van der Waals surface area contributed by atoms with Crippen LogP contribution in [0, 0.1) is 77.9 Å². The van der Waals surface area contributed by atoms with Crippen molar-refractivity contribution in [2.24, 2.45) is 0 Å². The Morgan fingerprint density at radius 3 is 0.467 bits per heavy atom. The van der Waals surface area contributed by atoms with E-state index in [1.54, 1.807) is 6.92 Å². The summed E-state index contributed by atoms with van der Waals surface area (Å²) in [6.45, 7) is 33.5. The van der Waals surface area contributed by atoms with Gasteiger partial charge in [0.05, 0.1) is 0 Å². The van der Waals surface area contributed by atoms with Gasteiger partial charge in [0.15, 0.2) is 0 Å². The normalized spacial score (nSPS) is 1.20. The summed E-state index contributed by atoms with van der Waals surface area (Å²) in [4.78, 5) is 0. The van der Waals surface area contributed by atoms with E-state index < -0.39 is 0 Å². The Morgan fingerprint density at radius 1 is 0.467 bits per heavy atom. The number of nitrogens with zero attached hydrogens (tertiary/aromatic N) is 6. The predicted octanol–water partition coefficient (Wildman–Crippen LogP) is 1.42. The SMILES string of the molecule is [C-]#N.[C-]#N.[C-]#N.[C-]#N.[C-]#N.[C-]#N.[CH2-]C.[Fe]. The average molecular weight is 241 g/mol. The Morgan fingerprint density at radius 2 is 0.467 bits per heavy atom. The molecule has 0 bridgehead atoms. The summed E-state index contributed by atoms with van der Waals surface area (Å²) in [6.07, 6.45) is 0. The van der Waals surface area contributed by atoms with Gasteiger partial charge in [0.2, 0.25) is 0 Å². The van der Waals surface area contributed by atoms with Crippen molar-refractivity contribution in [3.8, 4) is 0 Å². The van der Waals surface area contributed by atoms with E-state index in [4.69, 9.17) is 71.0 Å². The van der Waals surface area contributed by atoms with Crippen LogP contribution in [-0.2, 0) is 17.1 Å².